The third-order valence-electron chi connectivity index (χ3n) is 3.35. The van der Waals surface area contributed by atoms with Crippen LogP contribution < -0.4 is 5.32 Å². The quantitative estimate of drug-likeness (QED) is 0.899. The summed E-state index contributed by atoms with van der Waals surface area (Å²) in [6, 6.07) is 4.85. The highest BCUT2D eigenvalue weighted by Crippen LogP contribution is 2.27. The molecule has 0 aliphatic heterocycles. The summed E-state index contributed by atoms with van der Waals surface area (Å²) in [5, 5.41) is 7.76. The molecule has 0 fully saturated rings. The van der Waals surface area contributed by atoms with E-state index in [1.54, 1.807) is 12.1 Å². The molecule has 1 unspecified atom stereocenters. The van der Waals surface area contributed by atoms with E-state index >= 15 is 0 Å². The van der Waals surface area contributed by atoms with Crippen LogP contribution in [-0.2, 0) is 13.5 Å². The molecule has 2 rings (SSSR count). The molecule has 0 amide bonds. The first-order valence-corrected chi connectivity index (χ1v) is 7.41. The van der Waals surface area contributed by atoms with Crippen LogP contribution in [-0.4, -0.2) is 16.8 Å². The normalized spacial score (nSPS) is 12.7. The van der Waals surface area contributed by atoms with Crippen molar-refractivity contribution < 1.29 is 4.39 Å². The molecule has 0 saturated carbocycles. The average Bonchev–Trinajstić information content (AvgIpc) is 2.65. The van der Waals surface area contributed by atoms with E-state index in [0.29, 0.717) is 0 Å². The van der Waals surface area contributed by atoms with Crippen molar-refractivity contribution in [3.8, 4) is 0 Å². The van der Waals surface area contributed by atoms with E-state index in [9.17, 15) is 4.39 Å². The summed E-state index contributed by atoms with van der Waals surface area (Å²) in [7, 11) is 3.79. The molecule has 0 spiro atoms. The third-order valence-corrected chi connectivity index (χ3v) is 4.67. The maximum Gasteiger partial charge on any atom is 0.141 e. The second-order valence-corrected chi connectivity index (χ2v) is 5.89. The SMILES string of the molecule is CNC(Cc1c(Br)c(C)nn1C)c1ccc(F)c(Cl)c1. The fourth-order valence-electron chi connectivity index (χ4n) is 2.21. The summed E-state index contributed by atoms with van der Waals surface area (Å²) in [6.45, 7) is 1.96. The van der Waals surface area contributed by atoms with Crippen molar-refractivity contribution in [1.82, 2.24) is 15.1 Å². The summed E-state index contributed by atoms with van der Waals surface area (Å²) >= 11 is 9.42. The number of aromatic nitrogens is 2. The van der Waals surface area contributed by atoms with Crippen LogP contribution in [0.2, 0.25) is 5.02 Å². The molecule has 0 saturated heterocycles. The first kappa shape index (κ1) is 15.5. The van der Waals surface area contributed by atoms with Crippen LogP contribution >= 0.6 is 27.5 Å². The van der Waals surface area contributed by atoms with Crippen LogP contribution in [0.1, 0.15) is 23.0 Å². The lowest BCUT2D eigenvalue weighted by molar-refractivity contribution is 0.557. The van der Waals surface area contributed by atoms with Crippen LogP contribution in [0.4, 0.5) is 4.39 Å². The lowest BCUT2D eigenvalue weighted by Gasteiger charge is -2.17. The van der Waals surface area contributed by atoms with Gasteiger partial charge in [0.15, 0.2) is 0 Å². The number of nitrogens with zero attached hydrogens (tertiary/aromatic N) is 2. The van der Waals surface area contributed by atoms with Crippen molar-refractivity contribution in [3.05, 3.63) is 50.5 Å². The molecule has 0 aliphatic rings. The maximum atomic E-state index is 13.3. The van der Waals surface area contributed by atoms with Crippen molar-refractivity contribution in [2.24, 2.45) is 7.05 Å². The largest absolute Gasteiger partial charge is 0.313 e. The van der Waals surface area contributed by atoms with Crippen LogP contribution in [0.3, 0.4) is 0 Å². The molecule has 1 aromatic heterocycles. The minimum absolute atomic E-state index is 0.0409. The Morgan fingerprint density at radius 1 is 1.50 bits per heavy atom. The lowest BCUT2D eigenvalue weighted by atomic mass is 10.0. The molecule has 2 aromatic rings. The van der Waals surface area contributed by atoms with Gasteiger partial charge in [-0.3, -0.25) is 4.68 Å². The van der Waals surface area contributed by atoms with E-state index in [1.165, 1.54) is 6.07 Å². The Morgan fingerprint density at radius 2 is 2.20 bits per heavy atom. The second kappa shape index (κ2) is 6.24. The Balaban J connectivity index is 2.31. The molecule has 1 heterocycles. The van der Waals surface area contributed by atoms with Gasteiger partial charge in [0.05, 0.1) is 20.9 Å². The summed E-state index contributed by atoms with van der Waals surface area (Å²) in [4.78, 5) is 0. The van der Waals surface area contributed by atoms with Gasteiger partial charge >= 0.3 is 0 Å². The first-order chi connectivity index (χ1) is 9.43. The molecule has 3 nitrogen and oxygen atoms in total. The first-order valence-electron chi connectivity index (χ1n) is 6.24. The third kappa shape index (κ3) is 3.05. The fraction of sp³-hybridized carbons (Fsp3) is 0.357. The lowest BCUT2D eigenvalue weighted by Crippen LogP contribution is -2.20. The summed E-state index contributed by atoms with van der Waals surface area (Å²) < 4.78 is 16.1. The van der Waals surface area contributed by atoms with Gasteiger partial charge in [-0.05, 0) is 47.6 Å². The van der Waals surface area contributed by atoms with Crippen LogP contribution in [0.25, 0.3) is 0 Å². The fourth-order valence-corrected chi connectivity index (χ4v) is 2.90. The number of nitrogens with one attached hydrogen (secondary N) is 1. The Labute approximate surface area is 131 Å². The number of likely N-dealkylation sites (N-methyl/N-ethyl adjacent to an activating group) is 1. The van der Waals surface area contributed by atoms with E-state index in [-0.39, 0.29) is 11.1 Å². The van der Waals surface area contributed by atoms with Gasteiger partial charge in [-0.25, -0.2) is 4.39 Å². The molecule has 1 atom stereocenters. The van der Waals surface area contributed by atoms with Gasteiger partial charge in [0.25, 0.3) is 0 Å². The van der Waals surface area contributed by atoms with Crippen LogP contribution in [0, 0.1) is 12.7 Å². The molecular formula is C14H16BrClFN3. The van der Waals surface area contributed by atoms with Gasteiger partial charge in [0, 0.05) is 19.5 Å². The van der Waals surface area contributed by atoms with Crippen molar-refractivity contribution in [3.63, 3.8) is 0 Å². The Morgan fingerprint density at radius 3 is 2.70 bits per heavy atom. The van der Waals surface area contributed by atoms with Crippen molar-refractivity contribution >= 4 is 27.5 Å². The predicted octanol–water partition coefficient (Wildman–Crippen LogP) is 3.79. The number of hydrogen-bond acceptors (Lipinski definition) is 2. The van der Waals surface area contributed by atoms with Gasteiger partial charge in [0.2, 0.25) is 0 Å². The van der Waals surface area contributed by atoms with Crippen molar-refractivity contribution in [2.75, 3.05) is 7.05 Å². The molecule has 6 heteroatoms. The number of halogens is 3. The summed E-state index contributed by atoms with van der Waals surface area (Å²) in [5.41, 5.74) is 2.99. The molecule has 0 bridgehead atoms. The van der Waals surface area contributed by atoms with Crippen LogP contribution in [0.15, 0.2) is 22.7 Å². The van der Waals surface area contributed by atoms with E-state index in [2.05, 4.69) is 26.3 Å². The van der Waals surface area contributed by atoms with Gasteiger partial charge < -0.3 is 5.32 Å². The monoisotopic (exact) mass is 359 g/mol. The molecule has 108 valence electrons. The minimum atomic E-state index is -0.400. The predicted molar refractivity (Wildman–Crippen MR) is 82.6 cm³/mol. The second-order valence-electron chi connectivity index (χ2n) is 4.69. The van der Waals surface area contributed by atoms with Gasteiger partial charge in [-0.15, -0.1) is 0 Å². The topological polar surface area (TPSA) is 29.9 Å². The summed E-state index contributed by atoms with van der Waals surface area (Å²) in [6.07, 6.45) is 0.733. The summed E-state index contributed by atoms with van der Waals surface area (Å²) in [5.74, 6) is -0.400. The molecule has 1 N–H and O–H groups in total. The highest BCUT2D eigenvalue weighted by Gasteiger charge is 2.18. The van der Waals surface area contributed by atoms with E-state index in [0.717, 1.165) is 27.8 Å². The standard InChI is InChI=1S/C14H16BrClFN3/c1-8-14(15)13(20(3)19-8)7-12(18-2)9-4-5-11(17)10(16)6-9/h4-6,12,18H,7H2,1-3H3. The van der Waals surface area contributed by atoms with Gasteiger partial charge in [0.1, 0.15) is 5.82 Å². The number of aryl methyl sites for hydroxylation is 2. The number of rotatable bonds is 4. The van der Waals surface area contributed by atoms with Crippen molar-refractivity contribution in [1.29, 1.82) is 0 Å². The van der Waals surface area contributed by atoms with Gasteiger partial charge in [-0.2, -0.15) is 5.10 Å². The number of benzene rings is 1. The zero-order valence-electron chi connectivity index (χ0n) is 11.5. The van der Waals surface area contributed by atoms with E-state index in [4.69, 9.17) is 11.6 Å². The smallest absolute Gasteiger partial charge is 0.141 e. The van der Waals surface area contributed by atoms with Gasteiger partial charge in [-0.1, -0.05) is 17.7 Å². The van der Waals surface area contributed by atoms with Crippen LogP contribution in [0.5, 0.6) is 0 Å². The van der Waals surface area contributed by atoms with Crippen molar-refractivity contribution in [2.45, 2.75) is 19.4 Å². The van der Waals surface area contributed by atoms with E-state index in [1.807, 2.05) is 25.7 Å². The minimum Gasteiger partial charge on any atom is -0.313 e. The molecule has 20 heavy (non-hydrogen) atoms. The number of hydrogen-bond donors (Lipinski definition) is 1. The van der Waals surface area contributed by atoms with E-state index < -0.39 is 5.82 Å². The molecular weight excluding hydrogens is 345 g/mol. The Kier molecular flexibility index (Phi) is 4.83. The molecule has 0 radical (unpaired) electrons. The Hall–Kier alpha value is -0.910. The molecule has 0 aliphatic carbocycles. The zero-order chi connectivity index (χ0) is 14.9. The average molecular weight is 361 g/mol. The molecule has 1 aromatic carbocycles. The zero-order valence-corrected chi connectivity index (χ0v) is 13.9. The highest BCUT2D eigenvalue weighted by molar-refractivity contribution is 9.10. The Bertz CT molecular complexity index is 627. The highest BCUT2D eigenvalue weighted by atomic mass is 79.9. The maximum absolute atomic E-state index is 13.3.